The van der Waals surface area contributed by atoms with E-state index in [4.69, 9.17) is 4.74 Å². The summed E-state index contributed by atoms with van der Waals surface area (Å²) in [6, 6.07) is 0.492. The van der Waals surface area contributed by atoms with Gasteiger partial charge < -0.3 is 15.0 Å². The molecule has 0 aromatic carbocycles. The number of esters is 1. The monoisotopic (exact) mass is 256 g/mol. The van der Waals surface area contributed by atoms with Crippen molar-refractivity contribution >= 4 is 5.97 Å². The molecule has 0 aromatic heterocycles. The number of methoxy groups -OCH3 is 1. The molecule has 2 atom stereocenters. The molecule has 0 radical (unpaired) electrons. The van der Waals surface area contributed by atoms with Crippen LogP contribution in [0.15, 0.2) is 0 Å². The highest BCUT2D eigenvalue weighted by molar-refractivity contribution is 5.82. The second kappa shape index (κ2) is 6.53. The molecule has 0 saturated heterocycles. The van der Waals surface area contributed by atoms with Gasteiger partial charge in [0.15, 0.2) is 0 Å². The number of hydrogen-bond donors (Lipinski definition) is 1. The van der Waals surface area contributed by atoms with Gasteiger partial charge in [-0.25, -0.2) is 4.79 Å². The minimum atomic E-state index is -0.522. The fourth-order valence-corrected chi connectivity index (χ4v) is 2.69. The molecule has 0 spiro atoms. The molecule has 0 amide bonds. The van der Waals surface area contributed by atoms with E-state index in [9.17, 15) is 4.79 Å². The van der Waals surface area contributed by atoms with E-state index in [2.05, 4.69) is 31.1 Å². The molecule has 0 aliphatic heterocycles. The number of nitrogens with one attached hydrogen (secondary N) is 1. The van der Waals surface area contributed by atoms with Gasteiger partial charge in [0.25, 0.3) is 0 Å². The predicted molar refractivity (Wildman–Crippen MR) is 73.5 cm³/mol. The van der Waals surface area contributed by atoms with Crippen molar-refractivity contribution in [3.63, 3.8) is 0 Å². The van der Waals surface area contributed by atoms with Crippen molar-refractivity contribution in [2.45, 2.75) is 51.1 Å². The Hall–Kier alpha value is -0.610. The zero-order chi connectivity index (χ0) is 13.8. The molecule has 1 saturated carbocycles. The molecule has 1 N–H and O–H groups in total. The standard InChI is InChI=1S/C14H28N2O2/c1-6-7-11(2)16(4)10-14(15-3,12-8-9-12)13(17)18-5/h11-12,15H,6-10H2,1-5H3. The minimum Gasteiger partial charge on any atom is -0.468 e. The van der Waals surface area contributed by atoms with E-state index in [-0.39, 0.29) is 5.97 Å². The maximum atomic E-state index is 12.2. The minimum absolute atomic E-state index is 0.122. The van der Waals surface area contributed by atoms with Crippen molar-refractivity contribution in [3.05, 3.63) is 0 Å². The lowest BCUT2D eigenvalue weighted by Gasteiger charge is -2.37. The molecule has 4 nitrogen and oxygen atoms in total. The number of likely N-dealkylation sites (N-methyl/N-ethyl adjacent to an activating group) is 2. The molecule has 106 valence electrons. The molecule has 0 heterocycles. The Morgan fingerprint density at radius 2 is 2.17 bits per heavy atom. The molecular formula is C14H28N2O2. The summed E-state index contributed by atoms with van der Waals surface area (Å²) in [5, 5.41) is 3.24. The number of rotatable bonds is 8. The molecular weight excluding hydrogens is 228 g/mol. The van der Waals surface area contributed by atoms with E-state index in [1.54, 1.807) is 0 Å². The van der Waals surface area contributed by atoms with E-state index in [1.807, 2.05) is 7.05 Å². The van der Waals surface area contributed by atoms with Gasteiger partial charge in [-0.2, -0.15) is 0 Å². The third kappa shape index (κ3) is 3.23. The zero-order valence-electron chi connectivity index (χ0n) is 12.5. The maximum Gasteiger partial charge on any atom is 0.327 e. The highest BCUT2D eigenvalue weighted by Gasteiger charge is 2.51. The summed E-state index contributed by atoms with van der Waals surface area (Å²) < 4.78 is 5.02. The first-order chi connectivity index (χ1) is 8.51. The van der Waals surface area contributed by atoms with E-state index < -0.39 is 5.54 Å². The van der Waals surface area contributed by atoms with E-state index in [0.29, 0.717) is 12.0 Å². The van der Waals surface area contributed by atoms with Crippen LogP contribution >= 0.6 is 0 Å². The van der Waals surface area contributed by atoms with Gasteiger partial charge >= 0.3 is 5.97 Å². The SMILES string of the molecule is CCCC(C)N(C)CC(NC)(C(=O)OC)C1CC1. The third-order valence-corrected chi connectivity index (χ3v) is 4.23. The van der Waals surface area contributed by atoms with Crippen LogP contribution < -0.4 is 5.32 Å². The molecule has 1 aliphatic carbocycles. The number of nitrogens with zero attached hydrogens (tertiary/aromatic N) is 1. The number of ether oxygens (including phenoxy) is 1. The van der Waals surface area contributed by atoms with Gasteiger partial charge in [0.05, 0.1) is 7.11 Å². The highest BCUT2D eigenvalue weighted by atomic mass is 16.5. The molecule has 2 unspecified atom stereocenters. The first-order valence-corrected chi connectivity index (χ1v) is 6.99. The Kier molecular flexibility index (Phi) is 5.60. The summed E-state index contributed by atoms with van der Waals surface area (Å²) in [5.74, 6) is 0.300. The number of hydrogen-bond acceptors (Lipinski definition) is 4. The largest absolute Gasteiger partial charge is 0.468 e. The van der Waals surface area contributed by atoms with E-state index in [0.717, 1.165) is 25.8 Å². The van der Waals surface area contributed by atoms with Crippen LogP contribution in [0.2, 0.25) is 0 Å². The summed E-state index contributed by atoms with van der Waals surface area (Å²) in [4.78, 5) is 14.4. The molecule has 1 fully saturated rings. The summed E-state index contributed by atoms with van der Waals surface area (Å²) in [6.45, 7) is 5.13. The van der Waals surface area contributed by atoms with Gasteiger partial charge in [-0.15, -0.1) is 0 Å². The lowest BCUT2D eigenvalue weighted by atomic mass is 9.92. The highest BCUT2D eigenvalue weighted by Crippen LogP contribution is 2.41. The van der Waals surface area contributed by atoms with Crippen LogP contribution in [0.3, 0.4) is 0 Å². The Morgan fingerprint density at radius 1 is 1.56 bits per heavy atom. The lowest BCUT2D eigenvalue weighted by molar-refractivity contribution is -0.150. The third-order valence-electron chi connectivity index (χ3n) is 4.23. The molecule has 18 heavy (non-hydrogen) atoms. The van der Waals surface area contributed by atoms with Crippen molar-refractivity contribution in [1.29, 1.82) is 0 Å². The fraction of sp³-hybridized carbons (Fsp3) is 0.929. The van der Waals surface area contributed by atoms with Crippen LogP contribution in [0.5, 0.6) is 0 Å². The molecule has 1 rings (SSSR count). The Bertz CT molecular complexity index is 279. The van der Waals surface area contributed by atoms with Crippen LogP contribution in [-0.2, 0) is 9.53 Å². The smallest absolute Gasteiger partial charge is 0.327 e. The van der Waals surface area contributed by atoms with Crippen molar-refractivity contribution in [1.82, 2.24) is 10.2 Å². The van der Waals surface area contributed by atoms with Crippen LogP contribution in [0.1, 0.15) is 39.5 Å². The second-order valence-electron chi connectivity index (χ2n) is 5.54. The molecule has 0 bridgehead atoms. The zero-order valence-corrected chi connectivity index (χ0v) is 12.5. The Balaban J connectivity index is 2.75. The summed E-state index contributed by atoms with van der Waals surface area (Å²) in [5.41, 5.74) is -0.522. The van der Waals surface area contributed by atoms with Gasteiger partial charge in [0.2, 0.25) is 0 Å². The van der Waals surface area contributed by atoms with Gasteiger partial charge in [0.1, 0.15) is 5.54 Å². The first kappa shape index (κ1) is 15.4. The van der Waals surface area contributed by atoms with E-state index >= 15 is 0 Å². The summed E-state index contributed by atoms with van der Waals surface area (Å²) in [6.07, 6.45) is 4.56. The second-order valence-corrected chi connectivity index (χ2v) is 5.54. The van der Waals surface area contributed by atoms with Crippen LogP contribution in [-0.4, -0.2) is 50.2 Å². The number of carbonyl (C=O) groups excluding carboxylic acids is 1. The molecule has 4 heteroatoms. The van der Waals surface area contributed by atoms with Crippen LogP contribution in [0, 0.1) is 5.92 Å². The topological polar surface area (TPSA) is 41.6 Å². The average molecular weight is 256 g/mol. The van der Waals surface area contributed by atoms with Crippen molar-refractivity contribution in [3.8, 4) is 0 Å². The van der Waals surface area contributed by atoms with Gasteiger partial charge in [-0.1, -0.05) is 13.3 Å². The van der Waals surface area contributed by atoms with E-state index in [1.165, 1.54) is 13.5 Å². The lowest BCUT2D eigenvalue weighted by Crippen LogP contribution is -2.60. The van der Waals surface area contributed by atoms with Crippen LogP contribution in [0.4, 0.5) is 0 Å². The molecule has 1 aliphatic rings. The van der Waals surface area contributed by atoms with Crippen molar-refractivity contribution in [2.24, 2.45) is 5.92 Å². The predicted octanol–water partition coefficient (Wildman–Crippen LogP) is 1.65. The molecule has 0 aromatic rings. The van der Waals surface area contributed by atoms with Gasteiger partial charge in [-0.05, 0) is 46.2 Å². The average Bonchev–Trinajstić information content (AvgIpc) is 3.19. The normalized spacial score (nSPS) is 20.6. The van der Waals surface area contributed by atoms with Gasteiger partial charge in [-0.3, -0.25) is 0 Å². The van der Waals surface area contributed by atoms with Crippen molar-refractivity contribution in [2.75, 3.05) is 27.7 Å². The summed E-state index contributed by atoms with van der Waals surface area (Å²) in [7, 11) is 5.44. The summed E-state index contributed by atoms with van der Waals surface area (Å²) >= 11 is 0. The maximum absolute atomic E-state index is 12.2. The first-order valence-electron chi connectivity index (χ1n) is 6.99. The quantitative estimate of drug-likeness (QED) is 0.671. The van der Waals surface area contributed by atoms with Crippen molar-refractivity contribution < 1.29 is 9.53 Å². The van der Waals surface area contributed by atoms with Gasteiger partial charge in [0, 0.05) is 12.6 Å². The Morgan fingerprint density at radius 3 is 2.56 bits per heavy atom. The Labute approximate surface area is 111 Å². The van der Waals surface area contributed by atoms with Crippen LogP contribution in [0.25, 0.3) is 0 Å². The fourth-order valence-electron chi connectivity index (χ4n) is 2.69. The number of carbonyl (C=O) groups is 1.